The second-order valence-electron chi connectivity index (χ2n) is 6.06. The van der Waals surface area contributed by atoms with Crippen LogP contribution in [-0.4, -0.2) is 33.9 Å². The van der Waals surface area contributed by atoms with Gasteiger partial charge in [-0.25, -0.2) is 22.0 Å². The summed E-state index contributed by atoms with van der Waals surface area (Å²) in [6.07, 6.45) is 0.870. The number of carbonyl (C=O) groups is 1. The highest BCUT2D eigenvalue weighted by Crippen LogP contribution is 2.22. The maximum Gasteiger partial charge on any atom is 0.271 e. The maximum atomic E-state index is 12.5. The van der Waals surface area contributed by atoms with Crippen molar-refractivity contribution < 1.29 is 26.6 Å². The van der Waals surface area contributed by atoms with Crippen molar-refractivity contribution in [3.8, 4) is 0 Å². The molecule has 0 radical (unpaired) electrons. The van der Waals surface area contributed by atoms with Crippen molar-refractivity contribution in [2.24, 2.45) is 5.14 Å². The summed E-state index contributed by atoms with van der Waals surface area (Å²) in [5, 5.41) is 18.7. The first-order valence-corrected chi connectivity index (χ1v) is 11.2. The molecule has 0 aliphatic rings. The van der Waals surface area contributed by atoms with Crippen molar-refractivity contribution in [3.63, 3.8) is 0 Å². The molecule has 0 saturated heterocycles. The molecule has 2 rings (SSSR count). The molecular formula is C16H17N3O7S2. The number of benzene rings is 2. The van der Waals surface area contributed by atoms with Gasteiger partial charge in [0.1, 0.15) is 0 Å². The first-order chi connectivity index (χ1) is 12.8. The van der Waals surface area contributed by atoms with Crippen LogP contribution in [0.15, 0.2) is 52.3 Å². The van der Waals surface area contributed by atoms with E-state index >= 15 is 0 Å². The molecule has 2 aromatic rings. The van der Waals surface area contributed by atoms with Crippen LogP contribution < -0.4 is 10.5 Å². The number of non-ortho nitro benzene ring substituents is 1. The summed E-state index contributed by atoms with van der Waals surface area (Å²) in [4.78, 5) is 22.2. The highest BCUT2D eigenvalue weighted by atomic mass is 32.2. The topological polar surface area (TPSA) is 167 Å². The van der Waals surface area contributed by atoms with Gasteiger partial charge in [0.2, 0.25) is 10.0 Å². The van der Waals surface area contributed by atoms with Gasteiger partial charge in [0, 0.05) is 24.0 Å². The van der Waals surface area contributed by atoms with E-state index in [1.54, 1.807) is 13.0 Å². The van der Waals surface area contributed by atoms with Gasteiger partial charge in [0.25, 0.3) is 11.6 Å². The number of rotatable bonds is 6. The fourth-order valence-electron chi connectivity index (χ4n) is 2.36. The number of nitro benzene ring substituents is 1. The van der Waals surface area contributed by atoms with Crippen molar-refractivity contribution in [1.82, 2.24) is 5.32 Å². The van der Waals surface area contributed by atoms with Crippen LogP contribution in [0, 0.1) is 10.1 Å². The maximum absolute atomic E-state index is 12.5. The van der Waals surface area contributed by atoms with Crippen molar-refractivity contribution in [1.29, 1.82) is 0 Å². The Morgan fingerprint density at radius 2 is 1.75 bits per heavy atom. The van der Waals surface area contributed by atoms with Gasteiger partial charge in [0.05, 0.1) is 20.8 Å². The molecule has 0 fully saturated rings. The lowest BCUT2D eigenvalue weighted by molar-refractivity contribution is -0.385. The van der Waals surface area contributed by atoms with Crippen molar-refractivity contribution >= 4 is 31.5 Å². The van der Waals surface area contributed by atoms with E-state index in [0.29, 0.717) is 5.56 Å². The Bertz CT molecular complexity index is 1160. The van der Waals surface area contributed by atoms with E-state index in [4.69, 9.17) is 5.14 Å². The van der Waals surface area contributed by atoms with E-state index < -0.39 is 42.4 Å². The first-order valence-electron chi connectivity index (χ1n) is 7.72. The van der Waals surface area contributed by atoms with Crippen LogP contribution in [0.25, 0.3) is 0 Å². The van der Waals surface area contributed by atoms with Crippen LogP contribution in [-0.2, 0) is 19.9 Å². The molecule has 0 heterocycles. The molecule has 0 spiro atoms. The van der Waals surface area contributed by atoms with E-state index in [1.165, 1.54) is 18.2 Å². The Morgan fingerprint density at radius 1 is 1.11 bits per heavy atom. The van der Waals surface area contributed by atoms with E-state index in [1.807, 2.05) is 0 Å². The number of amides is 1. The fourth-order valence-corrected chi connectivity index (χ4v) is 3.60. The van der Waals surface area contributed by atoms with E-state index in [9.17, 15) is 31.7 Å². The van der Waals surface area contributed by atoms with E-state index in [2.05, 4.69) is 5.32 Å². The average Bonchev–Trinajstić information content (AvgIpc) is 2.59. The van der Waals surface area contributed by atoms with Gasteiger partial charge >= 0.3 is 0 Å². The number of sulfonamides is 1. The van der Waals surface area contributed by atoms with Crippen LogP contribution in [0.2, 0.25) is 0 Å². The third-order valence-corrected chi connectivity index (χ3v) is 5.83. The van der Waals surface area contributed by atoms with Crippen LogP contribution in [0.5, 0.6) is 0 Å². The molecule has 1 amide bonds. The van der Waals surface area contributed by atoms with Gasteiger partial charge in [0.15, 0.2) is 9.84 Å². The lowest BCUT2D eigenvalue weighted by atomic mass is 10.1. The number of sulfone groups is 1. The Morgan fingerprint density at radius 3 is 2.29 bits per heavy atom. The zero-order chi connectivity index (χ0) is 21.3. The third-order valence-electron chi connectivity index (χ3n) is 3.83. The lowest BCUT2D eigenvalue weighted by Gasteiger charge is -2.15. The second-order valence-corrected chi connectivity index (χ2v) is 9.63. The molecule has 0 aliphatic carbocycles. The zero-order valence-corrected chi connectivity index (χ0v) is 16.5. The summed E-state index contributed by atoms with van der Waals surface area (Å²) in [7, 11) is -7.71. The van der Waals surface area contributed by atoms with Gasteiger partial charge in [-0.1, -0.05) is 12.1 Å². The van der Waals surface area contributed by atoms with E-state index in [-0.39, 0.29) is 15.4 Å². The summed E-state index contributed by atoms with van der Waals surface area (Å²) in [6.45, 7) is 1.56. The molecule has 150 valence electrons. The predicted molar refractivity (Wildman–Crippen MR) is 99.9 cm³/mol. The molecular weight excluding hydrogens is 410 g/mol. The SMILES string of the molecule is CC(NC(=O)c1cc([N+](=O)[O-])cc(S(C)(=O)=O)c1)c1cccc(S(N)(=O)=O)c1. The zero-order valence-electron chi connectivity index (χ0n) is 14.8. The first kappa shape index (κ1) is 21.5. The molecule has 28 heavy (non-hydrogen) atoms. The number of nitrogens with zero attached hydrogens (tertiary/aromatic N) is 1. The van der Waals surface area contributed by atoms with Gasteiger partial charge in [-0.15, -0.1) is 0 Å². The van der Waals surface area contributed by atoms with Crippen molar-refractivity contribution in [2.45, 2.75) is 22.8 Å². The Hall–Kier alpha value is -2.83. The van der Waals surface area contributed by atoms with Gasteiger partial charge in [-0.2, -0.15) is 0 Å². The molecule has 12 heteroatoms. The highest BCUT2D eigenvalue weighted by molar-refractivity contribution is 7.90. The van der Waals surface area contributed by atoms with Gasteiger partial charge < -0.3 is 5.32 Å². The minimum atomic E-state index is -3.93. The number of nitrogens with two attached hydrogens (primary N) is 1. The van der Waals surface area contributed by atoms with Gasteiger partial charge in [-0.05, 0) is 30.7 Å². The number of hydrogen-bond acceptors (Lipinski definition) is 7. The fraction of sp³-hybridized carbons (Fsp3) is 0.188. The molecule has 1 atom stereocenters. The summed E-state index contributed by atoms with van der Waals surface area (Å²) >= 11 is 0. The van der Waals surface area contributed by atoms with E-state index in [0.717, 1.165) is 24.5 Å². The number of nitro groups is 1. The predicted octanol–water partition coefficient (Wildman–Crippen LogP) is 1.14. The monoisotopic (exact) mass is 427 g/mol. The standard InChI is InChI=1S/C16H17N3O7S2/c1-10(11-4-3-5-14(7-11)28(17,25)26)18-16(20)12-6-13(19(21)22)9-15(8-12)27(2,23)24/h3-10H,1-2H3,(H,18,20)(H2,17,25,26). The molecule has 3 N–H and O–H groups in total. The van der Waals surface area contributed by atoms with Crippen molar-refractivity contribution in [2.75, 3.05) is 6.26 Å². The van der Waals surface area contributed by atoms with Crippen LogP contribution >= 0.6 is 0 Å². The number of nitrogens with one attached hydrogen (secondary N) is 1. The largest absolute Gasteiger partial charge is 0.346 e. The molecule has 2 aromatic carbocycles. The molecule has 1 unspecified atom stereocenters. The molecule has 0 aromatic heterocycles. The highest BCUT2D eigenvalue weighted by Gasteiger charge is 2.21. The number of hydrogen-bond donors (Lipinski definition) is 2. The lowest BCUT2D eigenvalue weighted by Crippen LogP contribution is -2.27. The van der Waals surface area contributed by atoms with Crippen LogP contribution in [0.3, 0.4) is 0 Å². The summed E-state index contributed by atoms with van der Waals surface area (Å²) in [6, 6.07) is 7.77. The Balaban J connectivity index is 2.37. The minimum absolute atomic E-state index is 0.138. The Labute approximate surface area is 161 Å². The number of primary sulfonamides is 1. The minimum Gasteiger partial charge on any atom is -0.346 e. The number of carbonyl (C=O) groups excluding carboxylic acids is 1. The summed E-state index contributed by atoms with van der Waals surface area (Å²) in [5.41, 5.74) is -0.338. The smallest absolute Gasteiger partial charge is 0.271 e. The molecule has 0 bridgehead atoms. The van der Waals surface area contributed by atoms with Crippen LogP contribution in [0.1, 0.15) is 28.9 Å². The summed E-state index contributed by atoms with van der Waals surface area (Å²) in [5.74, 6) is -0.762. The Kier molecular flexibility index (Phi) is 5.87. The molecule has 10 nitrogen and oxygen atoms in total. The molecule has 0 aliphatic heterocycles. The third kappa shape index (κ3) is 5.12. The van der Waals surface area contributed by atoms with Crippen LogP contribution in [0.4, 0.5) is 5.69 Å². The molecule has 0 saturated carbocycles. The average molecular weight is 427 g/mol. The second kappa shape index (κ2) is 7.66. The van der Waals surface area contributed by atoms with Gasteiger partial charge in [-0.3, -0.25) is 14.9 Å². The quantitative estimate of drug-likeness (QED) is 0.515. The van der Waals surface area contributed by atoms with Crippen molar-refractivity contribution in [3.05, 3.63) is 63.7 Å². The summed E-state index contributed by atoms with van der Waals surface area (Å²) < 4.78 is 46.4. The normalized spacial score (nSPS) is 13.0.